The van der Waals surface area contributed by atoms with Crippen molar-refractivity contribution in [1.29, 1.82) is 0 Å². The number of carbonyl (C=O) groups excluding carboxylic acids is 3. The minimum atomic E-state index is -0.892. The van der Waals surface area contributed by atoms with Crippen molar-refractivity contribution in [2.75, 3.05) is 0 Å². The highest BCUT2D eigenvalue weighted by Gasteiger charge is 2.63. The Hall–Kier alpha value is -3.37. The Balaban J connectivity index is 0.865. The van der Waals surface area contributed by atoms with E-state index in [1.165, 1.54) is 0 Å². The highest BCUT2D eigenvalue weighted by atomic mass is 16.7. The van der Waals surface area contributed by atoms with Crippen molar-refractivity contribution >= 4 is 17.7 Å². The van der Waals surface area contributed by atoms with Gasteiger partial charge in [-0.25, -0.2) is 14.4 Å². The van der Waals surface area contributed by atoms with E-state index < -0.39 is 30.0 Å². The summed E-state index contributed by atoms with van der Waals surface area (Å²) in [5.74, 6) is 4.65. The zero-order valence-electron chi connectivity index (χ0n) is 39.8. The van der Waals surface area contributed by atoms with Gasteiger partial charge in [0, 0.05) is 23.7 Å². The predicted octanol–water partition coefficient (Wildman–Crippen LogP) is 12.1. The number of Topliss-reactive ketones (excluding diaryl/α,β-unsaturated/α-hetero) is 2. The first-order valence-electron chi connectivity index (χ1n) is 25.4. The maximum absolute atomic E-state index is 14.4. The number of carbonyl (C=O) groups is 3. The summed E-state index contributed by atoms with van der Waals surface area (Å²) in [6, 6.07) is 0. The van der Waals surface area contributed by atoms with Gasteiger partial charge in [-0.1, -0.05) is 27.7 Å². The van der Waals surface area contributed by atoms with Gasteiger partial charge < -0.3 is 27.1 Å². The Morgan fingerprint density at radius 2 is 0.875 bits per heavy atom. The van der Waals surface area contributed by atoms with Gasteiger partial charge in [0.25, 0.3) is 0 Å². The molecule has 11 nitrogen and oxygen atoms in total. The monoisotopic (exact) mass is 887 g/mol. The standard InChI is InChI=1S/C53H74O11/c1-27(54)37-13-15-39-35-11-9-33-25-31(17-21-50(33,5)41(35)19-23-52(37,39)7)45(43-29(3)59-47(56)61-43)63-49(58)64-46(44-30(4)60-48(57)62-44)32-18-22-51(6)34(26-32)10-12-36-40-16-14-38(28(2)55)53(40,8)24-20-42(36)51/h31-42,45-46H,9-26H2,1-8H3/t31-,32-,33+,34+,35+,36+,37-,38-,39+,40+,41+,42+,45?,46?,50+,51+,52-,53-/m1/s1. The molecule has 352 valence electrons. The first kappa shape index (κ1) is 44.5. The van der Waals surface area contributed by atoms with E-state index in [-0.39, 0.29) is 56.9 Å². The number of ether oxygens (including phenoxy) is 2. The van der Waals surface area contributed by atoms with Crippen LogP contribution in [-0.2, 0) is 19.1 Å². The topological polar surface area (TPSA) is 156 Å². The van der Waals surface area contributed by atoms with E-state index in [1.54, 1.807) is 27.7 Å². The van der Waals surface area contributed by atoms with Crippen molar-refractivity contribution < 1.29 is 41.5 Å². The third kappa shape index (κ3) is 6.85. The van der Waals surface area contributed by atoms with Crippen molar-refractivity contribution in [1.82, 2.24) is 0 Å². The first-order valence-corrected chi connectivity index (χ1v) is 25.4. The molecule has 0 bridgehead atoms. The highest BCUT2D eigenvalue weighted by molar-refractivity contribution is 5.80. The predicted molar refractivity (Wildman–Crippen MR) is 236 cm³/mol. The number of fused-ring (bicyclic) bond motifs is 10. The molecule has 0 saturated heterocycles. The van der Waals surface area contributed by atoms with Gasteiger partial charge in [0.05, 0.1) is 0 Å². The van der Waals surface area contributed by atoms with Crippen molar-refractivity contribution in [3.63, 3.8) is 0 Å². The smallest absolute Gasteiger partial charge is 0.422 e. The van der Waals surface area contributed by atoms with Gasteiger partial charge in [0.2, 0.25) is 0 Å². The third-order valence-corrected chi connectivity index (χ3v) is 21.8. The third-order valence-electron chi connectivity index (χ3n) is 21.8. The fraction of sp³-hybridized carbons (Fsp3) is 0.830. The lowest BCUT2D eigenvalue weighted by molar-refractivity contribution is -0.142. The molecule has 2 heterocycles. The summed E-state index contributed by atoms with van der Waals surface area (Å²) in [6.07, 6.45) is 15.8. The molecule has 18 atom stereocenters. The summed E-state index contributed by atoms with van der Waals surface area (Å²) >= 11 is 0. The lowest BCUT2D eigenvalue weighted by atomic mass is 9.44. The highest BCUT2D eigenvalue weighted by Crippen LogP contribution is 2.70. The molecule has 64 heavy (non-hydrogen) atoms. The van der Waals surface area contributed by atoms with Crippen molar-refractivity contribution in [3.8, 4) is 0 Å². The molecule has 8 fully saturated rings. The van der Waals surface area contributed by atoms with Crippen LogP contribution in [0.25, 0.3) is 0 Å². The van der Waals surface area contributed by atoms with Crippen molar-refractivity contribution in [3.05, 3.63) is 44.3 Å². The molecule has 0 spiro atoms. The summed E-state index contributed by atoms with van der Waals surface area (Å²) < 4.78 is 34.9. The molecule has 0 aromatic carbocycles. The summed E-state index contributed by atoms with van der Waals surface area (Å²) in [4.78, 5) is 65.1. The number of hydrogen-bond donors (Lipinski definition) is 0. The average molecular weight is 887 g/mol. The second-order valence-electron chi connectivity index (χ2n) is 24.0. The summed E-state index contributed by atoms with van der Waals surface area (Å²) in [6.45, 7) is 16.7. The normalized spacial score (nSPS) is 44.5. The zero-order chi connectivity index (χ0) is 45.2. The van der Waals surface area contributed by atoms with Gasteiger partial charge in [-0.2, -0.15) is 0 Å². The van der Waals surface area contributed by atoms with Gasteiger partial charge >= 0.3 is 17.8 Å². The molecule has 2 aromatic heterocycles. The Bertz CT molecular complexity index is 2110. The lowest BCUT2D eigenvalue weighted by Crippen LogP contribution is -2.54. The van der Waals surface area contributed by atoms with E-state index in [0.29, 0.717) is 70.4 Å². The minimum Gasteiger partial charge on any atom is -0.422 e. The molecule has 8 saturated carbocycles. The van der Waals surface area contributed by atoms with E-state index in [9.17, 15) is 24.0 Å². The Kier molecular flexibility index (Phi) is 11.0. The molecule has 10 rings (SSSR count). The molecule has 8 aliphatic rings. The minimum absolute atomic E-state index is 0.102. The maximum Gasteiger partial charge on any atom is 0.519 e. The molecular formula is C53H74O11. The Labute approximate surface area is 378 Å². The van der Waals surface area contributed by atoms with Gasteiger partial charge in [-0.05, 0) is 212 Å². The van der Waals surface area contributed by atoms with E-state index >= 15 is 0 Å². The van der Waals surface area contributed by atoms with Crippen LogP contribution >= 0.6 is 0 Å². The molecule has 11 heteroatoms. The van der Waals surface area contributed by atoms with E-state index in [4.69, 9.17) is 27.1 Å². The van der Waals surface area contributed by atoms with Crippen LogP contribution in [0.3, 0.4) is 0 Å². The van der Waals surface area contributed by atoms with E-state index in [2.05, 4.69) is 27.7 Å². The van der Waals surface area contributed by atoms with Gasteiger partial charge in [0.1, 0.15) is 11.6 Å². The molecule has 2 unspecified atom stereocenters. The molecule has 8 aliphatic carbocycles. The van der Waals surface area contributed by atoms with Crippen LogP contribution in [0.2, 0.25) is 0 Å². The van der Waals surface area contributed by atoms with Crippen LogP contribution in [0, 0.1) is 107 Å². The zero-order valence-corrected chi connectivity index (χ0v) is 39.8. The van der Waals surface area contributed by atoms with Crippen LogP contribution in [0.4, 0.5) is 4.79 Å². The number of aryl methyl sites for hydroxylation is 2. The van der Waals surface area contributed by atoms with Gasteiger partial charge in [-0.3, -0.25) is 9.59 Å². The molecule has 0 aliphatic heterocycles. The molecular weight excluding hydrogens is 813 g/mol. The average Bonchev–Trinajstić information content (AvgIpc) is 3.99. The first-order chi connectivity index (χ1) is 30.4. The molecule has 0 radical (unpaired) electrons. The van der Waals surface area contributed by atoms with Gasteiger partial charge in [0.15, 0.2) is 35.2 Å². The van der Waals surface area contributed by atoms with E-state index in [0.717, 1.165) is 116 Å². The van der Waals surface area contributed by atoms with Crippen molar-refractivity contribution in [2.24, 2.45) is 92.7 Å². The fourth-order valence-corrected chi connectivity index (χ4v) is 18.7. The van der Waals surface area contributed by atoms with Crippen molar-refractivity contribution in [2.45, 2.75) is 183 Å². The van der Waals surface area contributed by atoms with E-state index in [1.807, 2.05) is 0 Å². The number of ketones is 2. The fourth-order valence-electron chi connectivity index (χ4n) is 18.7. The summed E-state index contributed by atoms with van der Waals surface area (Å²) in [7, 11) is 0. The Morgan fingerprint density at radius 1 is 0.500 bits per heavy atom. The molecule has 2 aromatic rings. The van der Waals surface area contributed by atoms with Crippen LogP contribution in [0.15, 0.2) is 27.3 Å². The summed E-state index contributed by atoms with van der Waals surface area (Å²) in [5.41, 5.74) is 0.469. The molecule has 0 N–H and O–H groups in total. The second-order valence-corrected chi connectivity index (χ2v) is 24.0. The summed E-state index contributed by atoms with van der Waals surface area (Å²) in [5, 5.41) is 0. The maximum atomic E-state index is 14.4. The number of hydrogen-bond acceptors (Lipinski definition) is 11. The number of rotatable bonds is 8. The Morgan fingerprint density at radius 3 is 1.23 bits per heavy atom. The van der Waals surface area contributed by atoms with Crippen LogP contribution < -0.4 is 11.6 Å². The lowest BCUT2D eigenvalue weighted by Gasteiger charge is -2.61. The SMILES string of the molecule is CC(=O)[C@H]1CC[C@H]2[C@@H]3CC[C@H]4C[C@H](C(OC(=O)OC(c5oc(=O)oc5C)[C@@H]5CC[C@@]6(C)[C@@H](CC[C@@H]7[C@@H]6CC[C@]6(C)[C@@H](C(C)=O)CC[C@@H]76)C5)c5oc(=O)oc5C)CC[C@]4(C)[C@H]3CC[C@]12C. The second kappa shape index (κ2) is 15.9. The quantitative estimate of drug-likeness (QED) is 0.232. The van der Waals surface area contributed by atoms with Crippen LogP contribution in [0.5, 0.6) is 0 Å². The van der Waals surface area contributed by atoms with Gasteiger partial charge in [-0.15, -0.1) is 0 Å². The van der Waals surface area contributed by atoms with Crippen LogP contribution in [-0.4, -0.2) is 17.7 Å². The molecule has 0 amide bonds. The van der Waals surface area contributed by atoms with Crippen LogP contribution in [0.1, 0.15) is 192 Å². The largest absolute Gasteiger partial charge is 0.519 e.